The highest BCUT2D eigenvalue weighted by atomic mass is 32.2. The Bertz CT molecular complexity index is 1260. The Morgan fingerprint density at radius 3 is 2.79 bits per heavy atom. The number of rotatable bonds is 7. The van der Waals surface area contributed by atoms with E-state index in [1.54, 1.807) is 11.8 Å². The number of thiazole rings is 1. The van der Waals surface area contributed by atoms with Crippen LogP contribution >= 0.6 is 23.1 Å². The van der Waals surface area contributed by atoms with E-state index < -0.39 is 0 Å². The van der Waals surface area contributed by atoms with Crippen molar-refractivity contribution in [3.8, 4) is 11.5 Å². The zero-order valence-electron chi connectivity index (χ0n) is 17.8. The molecule has 8 nitrogen and oxygen atoms in total. The normalized spacial score (nSPS) is 14.8. The Labute approximate surface area is 199 Å². The Balaban J connectivity index is 1.17. The van der Waals surface area contributed by atoms with Crippen molar-refractivity contribution >= 4 is 34.7 Å². The van der Waals surface area contributed by atoms with Gasteiger partial charge in [0.2, 0.25) is 5.91 Å². The second-order valence-electron chi connectivity index (χ2n) is 7.38. The predicted octanol–water partition coefficient (Wildman–Crippen LogP) is 4.26. The molecule has 168 valence electrons. The molecule has 1 N–H and O–H groups in total. The molecule has 1 aliphatic rings. The van der Waals surface area contributed by atoms with Crippen LogP contribution in [-0.4, -0.2) is 32.3 Å². The number of para-hydroxylation sites is 3. The van der Waals surface area contributed by atoms with Crippen molar-refractivity contribution in [1.29, 1.82) is 0 Å². The summed E-state index contributed by atoms with van der Waals surface area (Å²) in [6.45, 7) is 0.383. The van der Waals surface area contributed by atoms with E-state index in [0.717, 1.165) is 27.3 Å². The molecule has 2 aromatic heterocycles. The molecular formula is C23H21N5O3S2. The molecule has 0 saturated heterocycles. The molecule has 1 atom stereocenters. The van der Waals surface area contributed by atoms with Crippen molar-refractivity contribution in [1.82, 2.24) is 19.7 Å². The molecule has 1 amide bonds. The number of fused-ring (bicyclic) bond motifs is 1. The quantitative estimate of drug-likeness (QED) is 0.396. The van der Waals surface area contributed by atoms with Crippen LogP contribution in [0, 0.1) is 0 Å². The third-order valence-electron chi connectivity index (χ3n) is 4.98. The summed E-state index contributed by atoms with van der Waals surface area (Å²) in [4.78, 5) is 16.8. The van der Waals surface area contributed by atoms with Crippen LogP contribution in [0.25, 0.3) is 0 Å². The maximum Gasteiger partial charge on any atom is 0.231 e. The summed E-state index contributed by atoms with van der Waals surface area (Å²) in [5.74, 6) is 2.71. The second-order valence-corrected chi connectivity index (χ2v) is 9.26. The molecule has 5 rings (SSSR count). The first kappa shape index (κ1) is 21.5. The predicted molar refractivity (Wildman–Crippen MR) is 127 cm³/mol. The monoisotopic (exact) mass is 479 g/mol. The molecule has 0 spiro atoms. The third kappa shape index (κ3) is 5.01. The lowest BCUT2D eigenvalue weighted by Gasteiger charge is -2.25. The average Bonchev–Trinajstić information content (AvgIpc) is 3.43. The maximum absolute atomic E-state index is 12.3. The second kappa shape index (κ2) is 9.63. The minimum absolute atomic E-state index is 0.0797. The van der Waals surface area contributed by atoms with Crippen molar-refractivity contribution in [2.24, 2.45) is 7.05 Å². The number of carbonyl (C=O) groups is 1. The number of amides is 1. The van der Waals surface area contributed by atoms with Gasteiger partial charge in [-0.05, 0) is 24.3 Å². The summed E-state index contributed by atoms with van der Waals surface area (Å²) in [5, 5.41) is 15.1. The van der Waals surface area contributed by atoms with Gasteiger partial charge in [-0.2, -0.15) is 0 Å². The molecular weight excluding hydrogens is 458 g/mol. The molecule has 0 fully saturated rings. The van der Waals surface area contributed by atoms with Gasteiger partial charge in [-0.25, -0.2) is 4.98 Å². The van der Waals surface area contributed by atoms with Crippen molar-refractivity contribution in [3.05, 3.63) is 76.5 Å². The van der Waals surface area contributed by atoms with Crippen LogP contribution in [0.1, 0.15) is 22.6 Å². The molecule has 4 aromatic rings. The van der Waals surface area contributed by atoms with Crippen LogP contribution in [0.5, 0.6) is 11.5 Å². The Hall–Kier alpha value is -3.37. The summed E-state index contributed by atoms with van der Waals surface area (Å²) in [7, 11) is 1.92. The summed E-state index contributed by atoms with van der Waals surface area (Å²) in [6.07, 6.45) is -0.0699. The Morgan fingerprint density at radius 2 is 1.94 bits per heavy atom. The van der Waals surface area contributed by atoms with E-state index in [0.29, 0.717) is 23.9 Å². The van der Waals surface area contributed by atoms with Crippen LogP contribution in [0.3, 0.4) is 0 Å². The first-order valence-electron chi connectivity index (χ1n) is 10.3. The fraction of sp³-hybridized carbons (Fsp3) is 0.217. The number of benzene rings is 2. The standard InChI is InChI=1S/C23H21N5O3S2/c1-28-22(19-12-30-17-9-5-6-10-18(17)31-19)26-27-23(28)33-14-16-13-32-21(25-16)11-20(29)24-15-7-3-2-4-8-15/h2-10,13,19H,11-12,14H2,1H3,(H,24,29). The van der Waals surface area contributed by atoms with Gasteiger partial charge in [0.1, 0.15) is 11.6 Å². The topological polar surface area (TPSA) is 91.2 Å². The maximum atomic E-state index is 12.3. The number of nitrogens with zero attached hydrogens (tertiary/aromatic N) is 4. The first-order valence-corrected chi connectivity index (χ1v) is 12.2. The van der Waals surface area contributed by atoms with E-state index in [1.807, 2.05) is 71.6 Å². The van der Waals surface area contributed by atoms with Gasteiger partial charge in [0.25, 0.3) is 0 Å². The van der Waals surface area contributed by atoms with Crippen LogP contribution in [0.2, 0.25) is 0 Å². The van der Waals surface area contributed by atoms with Crippen LogP contribution in [0.15, 0.2) is 65.1 Å². The molecule has 33 heavy (non-hydrogen) atoms. The molecule has 0 aliphatic carbocycles. The van der Waals surface area contributed by atoms with Crippen LogP contribution in [-0.2, 0) is 24.0 Å². The summed E-state index contributed by atoms with van der Waals surface area (Å²) in [5.41, 5.74) is 1.69. The van der Waals surface area contributed by atoms with E-state index in [-0.39, 0.29) is 18.4 Å². The summed E-state index contributed by atoms with van der Waals surface area (Å²) in [6, 6.07) is 17.0. The summed E-state index contributed by atoms with van der Waals surface area (Å²) >= 11 is 3.03. The minimum Gasteiger partial charge on any atom is -0.485 e. The molecule has 0 radical (unpaired) electrons. The van der Waals surface area contributed by atoms with Crippen molar-refractivity contribution in [2.75, 3.05) is 11.9 Å². The third-order valence-corrected chi connectivity index (χ3v) is 6.93. The van der Waals surface area contributed by atoms with Crippen LogP contribution in [0.4, 0.5) is 5.69 Å². The van der Waals surface area contributed by atoms with E-state index in [4.69, 9.17) is 9.47 Å². The van der Waals surface area contributed by atoms with Crippen molar-refractivity contribution in [2.45, 2.75) is 23.4 Å². The molecule has 3 heterocycles. The van der Waals surface area contributed by atoms with Gasteiger partial charge in [0.05, 0.1) is 12.1 Å². The highest BCUT2D eigenvalue weighted by Crippen LogP contribution is 2.36. The number of nitrogens with one attached hydrogen (secondary N) is 1. The highest BCUT2D eigenvalue weighted by Gasteiger charge is 2.27. The highest BCUT2D eigenvalue weighted by molar-refractivity contribution is 7.98. The summed E-state index contributed by atoms with van der Waals surface area (Å²) < 4.78 is 13.8. The lowest BCUT2D eigenvalue weighted by atomic mass is 10.2. The zero-order chi connectivity index (χ0) is 22.6. The van der Waals surface area contributed by atoms with Gasteiger partial charge in [-0.15, -0.1) is 21.5 Å². The van der Waals surface area contributed by atoms with Crippen molar-refractivity contribution in [3.63, 3.8) is 0 Å². The van der Waals surface area contributed by atoms with E-state index >= 15 is 0 Å². The van der Waals surface area contributed by atoms with Gasteiger partial charge in [0, 0.05) is 23.9 Å². The van der Waals surface area contributed by atoms with Crippen LogP contribution < -0.4 is 14.8 Å². The van der Waals surface area contributed by atoms with Gasteiger partial charge < -0.3 is 19.4 Å². The average molecular weight is 480 g/mol. The van der Waals surface area contributed by atoms with E-state index in [2.05, 4.69) is 20.5 Å². The number of anilines is 1. The lowest BCUT2D eigenvalue weighted by molar-refractivity contribution is -0.115. The lowest BCUT2D eigenvalue weighted by Crippen LogP contribution is -2.24. The minimum atomic E-state index is -0.319. The number of hydrogen-bond donors (Lipinski definition) is 1. The molecule has 2 aromatic carbocycles. The molecule has 0 saturated carbocycles. The zero-order valence-corrected chi connectivity index (χ0v) is 19.4. The smallest absolute Gasteiger partial charge is 0.231 e. The fourth-order valence-corrected chi connectivity index (χ4v) is 5.09. The van der Waals surface area contributed by atoms with Gasteiger partial charge in [-0.1, -0.05) is 42.1 Å². The Morgan fingerprint density at radius 1 is 1.15 bits per heavy atom. The van der Waals surface area contributed by atoms with E-state index in [9.17, 15) is 4.79 Å². The molecule has 1 unspecified atom stereocenters. The number of ether oxygens (including phenoxy) is 2. The largest absolute Gasteiger partial charge is 0.485 e. The number of hydrogen-bond acceptors (Lipinski definition) is 8. The van der Waals surface area contributed by atoms with Gasteiger partial charge in [-0.3, -0.25) is 4.79 Å². The molecule has 1 aliphatic heterocycles. The van der Waals surface area contributed by atoms with Gasteiger partial charge >= 0.3 is 0 Å². The number of thioether (sulfide) groups is 1. The van der Waals surface area contributed by atoms with E-state index in [1.165, 1.54) is 11.3 Å². The first-order chi connectivity index (χ1) is 16.2. The fourth-order valence-electron chi connectivity index (χ4n) is 3.38. The molecule has 0 bridgehead atoms. The molecule has 10 heteroatoms. The number of aromatic nitrogens is 4. The SMILES string of the molecule is Cn1c(SCc2csc(CC(=O)Nc3ccccc3)n2)nnc1C1COc2ccccc2O1. The van der Waals surface area contributed by atoms with Crippen molar-refractivity contribution < 1.29 is 14.3 Å². The number of carbonyl (C=O) groups excluding carboxylic acids is 1. The van der Waals surface area contributed by atoms with Gasteiger partial charge in [0.15, 0.2) is 28.6 Å². The Kier molecular flexibility index (Phi) is 6.27.